The lowest BCUT2D eigenvalue weighted by molar-refractivity contribution is 0.0962. The molecule has 1 aromatic rings. The minimum Gasteiger partial charge on any atom is -0.491 e. The van der Waals surface area contributed by atoms with Crippen LogP contribution in [0.3, 0.4) is 0 Å². The summed E-state index contributed by atoms with van der Waals surface area (Å²) in [5, 5.41) is 3.17. The summed E-state index contributed by atoms with van der Waals surface area (Å²) in [4.78, 5) is 11.5. The second kappa shape index (κ2) is 3.50. The lowest BCUT2D eigenvalue weighted by Crippen LogP contribution is -2.19. The lowest BCUT2D eigenvalue weighted by Gasteiger charge is -2.06. The molecule has 0 aliphatic carbocycles. The maximum absolute atomic E-state index is 11.5. The number of amides is 1. The lowest BCUT2D eigenvalue weighted by atomic mass is 10.0. The molecule has 1 aromatic carbocycles. The molecule has 0 radical (unpaired) electrons. The Morgan fingerprint density at radius 1 is 1.57 bits per heavy atom. The first-order chi connectivity index (χ1) is 6.74. The fraction of sp³-hybridized carbons (Fsp3) is 0.300. The standard InChI is InChI=1S/C10H10ClNO2/c1-12-10(13)7-2-3-8(11)9-6(7)4-5-14-9/h2-3H,4-5H2,1H3,(H,12,13). The fourth-order valence-corrected chi connectivity index (χ4v) is 1.84. The van der Waals surface area contributed by atoms with Crippen LogP contribution in [0.5, 0.6) is 5.75 Å². The Balaban J connectivity index is 2.53. The second-order valence-corrected chi connectivity index (χ2v) is 3.49. The fourth-order valence-electron chi connectivity index (χ4n) is 1.61. The SMILES string of the molecule is CNC(=O)c1ccc(Cl)c2c1CCO2. The molecule has 1 heterocycles. The molecule has 0 saturated heterocycles. The maximum Gasteiger partial charge on any atom is 0.251 e. The first-order valence-electron chi connectivity index (χ1n) is 4.40. The Hall–Kier alpha value is -1.22. The minimum atomic E-state index is -0.0941. The average Bonchev–Trinajstić information content (AvgIpc) is 2.67. The topological polar surface area (TPSA) is 38.3 Å². The predicted molar refractivity (Wildman–Crippen MR) is 54.0 cm³/mol. The number of fused-ring (bicyclic) bond motifs is 1. The van der Waals surface area contributed by atoms with Gasteiger partial charge in [-0.15, -0.1) is 0 Å². The third kappa shape index (κ3) is 1.34. The van der Waals surface area contributed by atoms with Gasteiger partial charge in [0.2, 0.25) is 0 Å². The van der Waals surface area contributed by atoms with E-state index < -0.39 is 0 Å². The molecule has 0 atom stereocenters. The summed E-state index contributed by atoms with van der Waals surface area (Å²) in [6.45, 7) is 0.600. The summed E-state index contributed by atoms with van der Waals surface area (Å²) in [6, 6.07) is 3.42. The average molecular weight is 212 g/mol. The molecule has 0 saturated carbocycles. The Morgan fingerprint density at radius 3 is 3.07 bits per heavy atom. The van der Waals surface area contributed by atoms with E-state index in [2.05, 4.69) is 5.32 Å². The van der Waals surface area contributed by atoms with Gasteiger partial charge in [-0.2, -0.15) is 0 Å². The molecule has 0 unspecified atom stereocenters. The third-order valence-electron chi connectivity index (χ3n) is 2.28. The van der Waals surface area contributed by atoms with Crippen molar-refractivity contribution in [3.05, 3.63) is 28.3 Å². The number of hydrogen-bond donors (Lipinski definition) is 1. The Bertz CT molecular complexity index is 390. The highest BCUT2D eigenvalue weighted by Gasteiger charge is 2.22. The molecule has 0 bridgehead atoms. The summed E-state index contributed by atoms with van der Waals surface area (Å²) < 4.78 is 5.35. The van der Waals surface area contributed by atoms with Gasteiger partial charge in [0.15, 0.2) is 0 Å². The zero-order valence-corrected chi connectivity index (χ0v) is 8.52. The van der Waals surface area contributed by atoms with Crippen molar-refractivity contribution in [1.29, 1.82) is 0 Å². The molecular formula is C10H10ClNO2. The smallest absolute Gasteiger partial charge is 0.251 e. The van der Waals surface area contributed by atoms with Crippen molar-refractivity contribution in [3.63, 3.8) is 0 Å². The Morgan fingerprint density at radius 2 is 2.36 bits per heavy atom. The van der Waals surface area contributed by atoms with Crippen molar-refractivity contribution in [3.8, 4) is 5.75 Å². The van der Waals surface area contributed by atoms with Crippen LogP contribution in [-0.4, -0.2) is 19.6 Å². The van der Waals surface area contributed by atoms with Gasteiger partial charge in [-0.1, -0.05) is 11.6 Å². The molecule has 1 amide bonds. The summed E-state index contributed by atoms with van der Waals surface area (Å²) in [7, 11) is 1.61. The van der Waals surface area contributed by atoms with Crippen molar-refractivity contribution in [1.82, 2.24) is 5.32 Å². The number of benzene rings is 1. The Labute approximate surface area is 87.0 Å². The summed E-state index contributed by atoms with van der Waals surface area (Å²) in [5.41, 5.74) is 1.57. The van der Waals surface area contributed by atoms with Gasteiger partial charge in [-0.3, -0.25) is 4.79 Å². The van der Waals surface area contributed by atoms with E-state index in [1.165, 1.54) is 0 Å². The first-order valence-corrected chi connectivity index (χ1v) is 4.78. The van der Waals surface area contributed by atoms with E-state index in [0.29, 0.717) is 22.9 Å². The van der Waals surface area contributed by atoms with Crippen LogP contribution in [-0.2, 0) is 6.42 Å². The molecule has 4 heteroatoms. The van der Waals surface area contributed by atoms with Crippen LogP contribution in [0.25, 0.3) is 0 Å². The molecule has 14 heavy (non-hydrogen) atoms. The van der Waals surface area contributed by atoms with Gasteiger partial charge in [-0.05, 0) is 12.1 Å². The minimum absolute atomic E-state index is 0.0941. The zero-order valence-electron chi connectivity index (χ0n) is 7.76. The number of carbonyl (C=O) groups excluding carboxylic acids is 1. The number of ether oxygens (including phenoxy) is 1. The Kier molecular flexibility index (Phi) is 2.33. The van der Waals surface area contributed by atoms with Crippen molar-refractivity contribution >= 4 is 17.5 Å². The van der Waals surface area contributed by atoms with Crippen LogP contribution in [0.1, 0.15) is 15.9 Å². The van der Waals surface area contributed by atoms with Crippen LogP contribution >= 0.6 is 11.6 Å². The van der Waals surface area contributed by atoms with Gasteiger partial charge >= 0.3 is 0 Å². The van der Waals surface area contributed by atoms with Crippen molar-refractivity contribution in [2.75, 3.05) is 13.7 Å². The van der Waals surface area contributed by atoms with Crippen LogP contribution in [0.15, 0.2) is 12.1 Å². The van der Waals surface area contributed by atoms with E-state index in [1.807, 2.05) is 0 Å². The van der Waals surface area contributed by atoms with E-state index in [-0.39, 0.29) is 5.91 Å². The molecular weight excluding hydrogens is 202 g/mol. The van der Waals surface area contributed by atoms with E-state index in [1.54, 1.807) is 19.2 Å². The highest BCUT2D eigenvalue weighted by molar-refractivity contribution is 6.32. The van der Waals surface area contributed by atoms with E-state index in [9.17, 15) is 4.79 Å². The van der Waals surface area contributed by atoms with Crippen LogP contribution in [0.4, 0.5) is 0 Å². The van der Waals surface area contributed by atoms with Crippen LogP contribution in [0, 0.1) is 0 Å². The molecule has 1 N–H and O–H groups in total. The predicted octanol–water partition coefficient (Wildman–Crippen LogP) is 1.63. The molecule has 1 aliphatic heterocycles. The molecule has 0 spiro atoms. The number of halogens is 1. The molecule has 0 aromatic heterocycles. The van der Waals surface area contributed by atoms with Crippen molar-refractivity contribution in [2.45, 2.75) is 6.42 Å². The molecule has 2 rings (SSSR count). The largest absolute Gasteiger partial charge is 0.491 e. The first kappa shape index (κ1) is 9.34. The van der Waals surface area contributed by atoms with E-state index in [0.717, 1.165) is 12.0 Å². The molecule has 0 fully saturated rings. The van der Waals surface area contributed by atoms with Crippen molar-refractivity contribution < 1.29 is 9.53 Å². The number of rotatable bonds is 1. The number of carbonyl (C=O) groups is 1. The van der Waals surface area contributed by atoms with Gasteiger partial charge in [0, 0.05) is 24.6 Å². The highest BCUT2D eigenvalue weighted by atomic mass is 35.5. The summed E-state index contributed by atoms with van der Waals surface area (Å²) in [5.74, 6) is 0.566. The van der Waals surface area contributed by atoms with Crippen LogP contribution in [0.2, 0.25) is 5.02 Å². The van der Waals surface area contributed by atoms with E-state index in [4.69, 9.17) is 16.3 Å². The van der Waals surface area contributed by atoms with Crippen molar-refractivity contribution in [2.24, 2.45) is 0 Å². The third-order valence-corrected chi connectivity index (χ3v) is 2.58. The van der Waals surface area contributed by atoms with Crippen LogP contribution < -0.4 is 10.1 Å². The molecule has 74 valence electrons. The highest BCUT2D eigenvalue weighted by Crippen LogP contribution is 2.35. The normalized spacial score (nSPS) is 13.3. The second-order valence-electron chi connectivity index (χ2n) is 3.08. The van der Waals surface area contributed by atoms with Gasteiger partial charge in [-0.25, -0.2) is 0 Å². The monoisotopic (exact) mass is 211 g/mol. The van der Waals surface area contributed by atoms with Gasteiger partial charge in [0.1, 0.15) is 5.75 Å². The maximum atomic E-state index is 11.5. The number of nitrogens with one attached hydrogen (secondary N) is 1. The van der Waals surface area contributed by atoms with Gasteiger partial charge in [0.25, 0.3) is 5.91 Å². The quantitative estimate of drug-likeness (QED) is 0.767. The molecule has 3 nitrogen and oxygen atoms in total. The zero-order chi connectivity index (χ0) is 10.1. The molecule has 1 aliphatic rings. The number of hydrogen-bond acceptors (Lipinski definition) is 2. The summed E-state index contributed by atoms with van der Waals surface area (Å²) >= 11 is 5.93. The van der Waals surface area contributed by atoms with Gasteiger partial charge < -0.3 is 10.1 Å². The summed E-state index contributed by atoms with van der Waals surface area (Å²) in [6.07, 6.45) is 0.749. The van der Waals surface area contributed by atoms with E-state index >= 15 is 0 Å². The van der Waals surface area contributed by atoms with Gasteiger partial charge in [0.05, 0.1) is 11.6 Å².